The Labute approximate surface area is 242 Å². The summed E-state index contributed by atoms with van der Waals surface area (Å²) >= 11 is 5.40. The van der Waals surface area contributed by atoms with E-state index in [1.807, 2.05) is 36.4 Å². The number of rotatable bonds is 10. The number of carbonyl (C=O) groups is 4. The van der Waals surface area contributed by atoms with Crippen molar-refractivity contribution in [3.8, 4) is 0 Å². The predicted octanol–water partition coefficient (Wildman–Crippen LogP) is 3.73. The van der Waals surface area contributed by atoms with E-state index in [0.29, 0.717) is 28.3 Å². The molecule has 0 radical (unpaired) electrons. The highest BCUT2D eigenvalue weighted by Gasteiger charge is 2.38. The Morgan fingerprint density at radius 1 is 0.927 bits per heavy atom. The van der Waals surface area contributed by atoms with Crippen molar-refractivity contribution in [1.82, 2.24) is 10.2 Å². The number of thiocarbonyl (C=S) groups is 1. The van der Waals surface area contributed by atoms with Gasteiger partial charge in [-0.15, -0.1) is 0 Å². The number of para-hydroxylation sites is 1. The summed E-state index contributed by atoms with van der Waals surface area (Å²) in [6.07, 6.45) is 0.384. The summed E-state index contributed by atoms with van der Waals surface area (Å²) in [5.74, 6) is -3.01. The van der Waals surface area contributed by atoms with E-state index in [9.17, 15) is 24.3 Å². The zero-order chi connectivity index (χ0) is 29.5. The molecule has 2 atom stereocenters. The highest BCUT2D eigenvalue weighted by molar-refractivity contribution is 7.80. The number of carboxylic acids is 2. The number of hydrogen-bond acceptors (Lipinski definition) is 5. The lowest BCUT2D eigenvalue weighted by Crippen LogP contribution is -2.47. The topological polar surface area (TPSA) is 148 Å². The fourth-order valence-electron chi connectivity index (χ4n) is 4.70. The van der Waals surface area contributed by atoms with Crippen LogP contribution >= 0.6 is 12.2 Å². The van der Waals surface area contributed by atoms with Gasteiger partial charge in [0.1, 0.15) is 12.1 Å². The maximum absolute atomic E-state index is 13.4. The van der Waals surface area contributed by atoms with Crippen LogP contribution in [0.15, 0.2) is 72.8 Å². The van der Waals surface area contributed by atoms with E-state index in [4.69, 9.17) is 17.3 Å². The van der Waals surface area contributed by atoms with Crippen LogP contribution in [0.1, 0.15) is 41.6 Å². The Balaban J connectivity index is 1.46. The minimum atomic E-state index is -1.23. The summed E-state index contributed by atoms with van der Waals surface area (Å²) in [7, 11) is 0. The Kier molecular flexibility index (Phi) is 9.30. The summed E-state index contributed by atoms with van der Waals surface area (Å²) in [6, 6.07) is 19.5. The van der Waals surface area contributed by atoms with Crippen LogP contribution in [0.3, 0.4) is 0 Å². The van der Waals surface area contributed by atoms with Gasteiger partial charge in [0.25, 0.3) is 0 Å². The SMILES string of the molecule is CC(=O)N1Cc2cc(NC(=S)Nc3ccccc3)ccc2C1C(=O)NC(Cc1ccc(CCC(=O)O)cc1)C(=O)O. The third-order valence-electron chi connectivity index (χ3n) is 6.74. The number of benzene rings is 3. The lowest BCUT2D eigenvalue weighted by atomic mass is 10.0. The van der Waals surface area contributed by atoms with E-state index in [2.05, 4.69) is 16.0 Å². The maximum Gasteiger partial charge on any atom is 0.326 e. The summed E-state index contributed by atoms with van der Waals surface area (Å²) < 4.78 is 0. The van der Waals surface area contributed by atoms with E-state index in [-0.39, 0.29) is 25.3 Å². The van der Waals surface area contributed by atoms with Gasteiger partial charge >= 0.3 is 11.9 Å². The smallest absolute Gasteiger partial charge is 0.326 e. The van der Waals surface area contributed by atoms with Crippen LogP contribution in [0.25, 0.3) is 0 Å². The average Bonchev–Trinajstić information content (AvgIpc) is 3.32. The van der Waals surface area contributed by atoms with Gasteiger partial charge in [-0.2, -0.15) is 0 Å². The molecule has 5 N–H and O–H groups in total. The van der Waals surface area contributed by atoms with Crippen molar-refractivity contribution in [1.29, 1.82) is 0 Å². The number of aliphatic carboxylic acids is 2. The Morgan fingerprint density at radius 2 is 1.59 bits per heavy atom. The van der Waals surface area contributed by atoms with Crippen molar-refractivity contribution in [3.63, 3.8) is 0 Å². The standard InChI is InChI=1S/C30H30N4O6S/c1-18(35)34-17-21-16-23(32-30(41)31-22-5-3-2-4-6-22)12-13-24(21)27(34)28(38)33-25(29(39)40)15-20-9-7-19(8-10-20)11-14-26(36)37/h2-10,12-13,16,25,27H,11,14-15,17H2,1H3,(H,33,38)(H,36,37)(H,39,40)(H2,31,32,41). The molecule has 4 rings (SSSR count). The van der Waals surface area contributed by atoms with Gasteiger partial charge in [0.2, 0.25) is 11.8 Å². The lowest BCUT2D eigenvalue weighted by molar-refractivity contribution is -0.144. The first-order valence-electron chi connectivity index (χ1n) is 13.0. The van der Waals surface area contributed by atoms with E-state index >= 15 is 0 Å². The van der Waals surface area contributed by atoms with Crippen molar-refractivity contribution in [3.05, 3.63) is 95.1 Å². The van der Waals surface area contributed by atoms with Gasteiger partial charge in [-0.25, -0.2) is 4.79 Å². The Bertz CT molecular complexity index is 1460. The molecule has 0 aliphatic carbocycles. The van der Waals surface area contributed by atoms with E-state index in [1.54, 1.807) is 36.4 Å². The summed E-state index contributed by atoms with van der Waals surface area (Å²) in [4.78, 5) is 50.2. The number of aryl methyl sites for hydroxylation is 1. The number of carboxylic acid groups (broad SMARTS) is 2. The van der Waals surface area contributed by atoms with E-state index in [0.717, 1.165) is 16.8 Å². The normalized spacial score (nSPS) is 14.5. The molecule has 0 saturated carbocycles. The van der Waals surface area contributed by atoms with E-state index in [1.165, 1.54) is 11.8 Å². The first-order chi connectivity index (χ1) is 19.6. The molecule has 0 aromatic heterocycles. The lowest BCUT2D eigenvalue weighted by Gasteiger charge is -2.25. The zero-order valence-corrected chi connectivity index (χ0v) is 23.1. The van der Waals surface area contributed by atoms with Gasteiger partial charge in [-0.3, -0.25) is 14.4 Å². The molecular weight excluding hydrogens is 544 g/mol. The molecule has 0 saturated heterocycles. The zero-order valence-electron chi connectivity index (χ0n) is 22.3. The van der Waals surface area contributed by atoms with Crippen molar-refractivity contribution >= 4 is 52.5 Å². The van der Waals surface area contributed by atoms with Crippen LogP contribution in [0, 0.1) is 0 Å². The van der Waals surface area contributed by atoms with Crippen molar-refractivity contribution in [2.45, 2.75) is 44.8 Å². The van der Waals surface area contributed by atoms with Crippen molar-refractivity contribution < 1.29 is 29.4 Å². The predicted molar refractivity (Wildman–Crippen MR) is 157 cm³/mol. The van der Waals surface area contributed by atoms with Gasteiger partial charge in [-0.1, -0.05) is 48.5 Å². The molecule has 212 valence electrons. The fourth-order valence-corrected chi connectivity index (χ4v) is 4.94. The third-order valence-corrected chi connectivity index (χ3v) is 6.94. The number of hydrogen-bond donors (Lipinski definition) is 5. The molecule has 3 aromatic rings. The minimum absolute atomic E-state index is 0.00250. The second kappa shape index (κ2) is 13.1. The van der Waals surface area contributed by atoms with Gasteiger partial charge in [0, 0.05) is 37.7 Å². The summed E-state index contributed by atoms with van der Waals surface area (Å²) in [6.45, 7) is 1.55. The quantitative estimate of drug-likeness (QED) is 0.229. The number of nitrogens with one attached hydrogen (secondary N) is 3. The molecule has 1 aliphatic rings. The van der Waals surface area contributed by atoms with Gasteiger partial charge in [0.05, 0.1) is 0 Å². The van der Waals surface area contributed by atoms with Crippen LogP contribution in [0.4, 0.5) is 11.4 Å². The van der Waals surface area contributed by atoms with Gasteiger partial charge in [-0.05, 0) is 65.2 Å². The fraction of sp³-hybridized carbons (Fsp3) is 0.233. The molecule has 2 amide bonds. The Morgan fingerprint density at radius 3 is 2.22 bits per heavy atom. The molecule has 3 aromatic carbocycles. The van der Waals surface area contributed by atoms with Gasteiger partial charge in [0.15, 0.2) is 5.11 Å². The molecule has 1 heterocycles. The van der Waals surface area contributed by atoms with E-state index < -0.39 is 29.9 Å². The minimum Gasteiger partial charge on any atom is -0.481 e. The molecular formula is C30H30N4O6S. The number of anilines is 2. The summed E-state index contributed by atoms with van der Waals surface area (Å²) in [5, 5.41) is 27.9. The van der Waals surface area contributed by atoms with Crippen LogP contribution in [0.5, 0.6) is 0 Å². The molecule has 41 heavy (non-hydrogen) atoms. The highest BCUT2D eigenvalue weighted by Crippen LogP contribution is 2.35. The Hall–Kier alpha value is -4.77. The second-order valence-corrected chi connectivity index (χ2v) is 10.1. The molecule has 1 aliphatic heterocycles. The number of nitrogens with zero attached hydrogens (tertiary/aromatic N) is 1. The monoisotopic (exact) mass is 574 g/mol. The third kappa shape index (κ3) is 7.67. The molecule has 0 spiro atoms. The first-order valence-corrected chi connectivity index (χ1v) is 13.4. The highest BCUT2D eigenvalue weighted by atomic mass is 32.1. The van der Waals surface area contributed by atoms with Crippen LogP contribution < -0.4 is 16.0 Å². The first kappa shape index (κ1) is 29.2. The molecule has 0 bridgehead atoms. The van der Waals surface area contributed by atoms with Crippen molar-refractivity contribution in [2.24, 2.45) is 0 Å². The van der Waals surface area contributed by atoms with Gasteiger partial charge < -0.3 is 31.1 Å². The number of fused-ring (bicyclic) bond motifs is 1. The molecule has 0 fully saturated rings. The van der Waals surface area contributed by atoms with Crippen LogP contribution in [0.2, 0.25) is 0 Å². The number of carbonyl (C=O) groups excluding carboxylic acids is 2. The molecule has 11 heteroatoms. The second-order valence-electron chi connectivity index (χ2n) is 9.72. The largest absolute Gasteiger partial charge is 0.481 e. The van der Waals surface area contributed by atoms with Crippen molar-refractivity contribution in [2.75, 3.05) is 10.6 Å². The number of amides is 2. The molecule has 10 nitrogen and oxygen atoms in total. The average molecular weight is 575 g/mol. The summed E-state index contributed by atoms with van der Waals surface area (Å²) in [5.41, 5.74) is 4.35. The maximum atomic E-state index is 13.4. The molecule has 2 unspecified atom stereocenters. The van der Waals surface area contributed by atoms with Crippen LogP contribution in [-0.4, -0.2) is 50.0 Å². The van der Waals surface area contributed by atoms with Crippen LogP contribution in [-0.2, 0) is 38.6 Å².